The molecule has 0 amide bonds. The standard InChI is InChI=1S/C25H32N2O6S/c1-14-7-9-27(10-8-14)34(31,32)22-12-20(11-15(2)16(22)3)25(30)33-13-21(29)24-17(4)23(19(6)28)18(5)26-24/h11-12,14,26H,7-10,13H2,1-6H3. The minimum absolute atomic E-state index is 0.0728. The second kappa shape index (κ2) is 9.84. The van der Waals surface area contributed by atoms with Crippen LogP contribution in [0.15, 0.2) is 17.0 Å². The zero-order valence-corrected chi connectivity index (χ0v) is 21.4. The third-order valence-corrected chi connectivity index (χ3v) is 8.64. The molecule has 0 atom stereocenters. The van der Waals surface area contributed by atoms with Crippen LogP contribution in [0.25, 0.3) is 0 Å². The number of H-pyrrole nitrogens is 1. The molecule has 0 saturated carbocycles. The van der Waals surface area contributed by atoms with Crippen LogP contribution in [0.1, 0.15) is 80.3 Å². The Labute approximate surface area is 200 Å². The lowest BCUT2D eigenvalue weighted by Crippen LogP contribution is -2.38. The van der Waals surface area contributed by atoms with Gasteiger partial charge in [-0.05, 0) is 82.2 Å². The lowest BCUT2D eigenvalue weighted by Gasteiger charge is -2.30. The average Bonchev–Trinajstić information content (AvgIpc) is 3.07. The molecule has 1 N–H and O–H groups in total. The molecule has 1 aliphatic rings. The van der Waals surface area contributed by atoms with Crippen LogP contribution in [0.2, 0.25) is 0 Å². The molecule has 9 heteroatoms. The number of hydrogen-bond donors (Lipinski definition) is 1. The van der Waals surface area contributed by atoms with Crippen molar-refractivity contribution in [1.82, 2.24) is 9.29 Å². The molecular formula is C25H32N2O6S. The lowest BCUT2D eigenvalue weighted by molar-refractivity contribution is 0.0473. The Hall–Kier alpha value is -2.78. The summed E-state index contributed by atoms with van der Waals surface area (Å²) in [5.41, 5.74) is 3.07. The fourth-order valence-corrected chi connectivity index (χ4v) is 6.21. The van der Waals surface area contributed by atoms with Crippen molar-refractivity contribution in [2.75, 3.05) is 19.7 Å². The van der Waals surface area contributed by atoms with Crippen molar-refractivity contribution in [3.63, 3.8) is 0 Å². The first kappa shape index (κ1) is 25.8. The van der Waals surface area contributed by atoms with Gasteiger partial charge in [0.05, 0.1) is 16.2 Å². The van der Waals surface area contributed by atoms with Crippen LogP contribution in [0, 0.1) is 33.6 Å². The maximum Gasteiger partial charge on any atom is 0.338 e. The zero-order valence-electron chi connectivity index (χ0n) is 20.6. The number of sulfonamides is 1. The Morgan fingerprint density at radius 3 is 2.24 bits per heavy atom. The highest BCUT2D eigenvalue weighted by atomic mass is 32.2. The molecule has 0 unspecified atom stereocenters. The molecule has 1 aromatic heterocycles. The number of carbonyl (C=O) groups excluding carboxylic acids is 3. The fourth-order valence-electron chi connectivity index (χ4n) is 4.42. The van der Waals surface area contributed by atoms with E-state index in [1.807, 2.05) is 0 Å². The Morgan fingerprint density at radius 1 is 1.06 bits per heavy atom. The van der Waals surface area contributed by atoms with E-state index in [0.717, 1.165) is 12.8 Å². The molecule has 184 valence electrons. The second-order valence-corrected chi connectivity index (χ2v) is 11.1. The fraction of sp³-hybridized carbons (Fsp3) is 0.480. The molecule has 1 fully saturated rings. The number of piperidine rings is 1. The summed E-state index contributed by atoms with van der Waals surface area (Å²) in [6.07, 6.45) is 1.59. The number of carbonyl (C=O) groups is 3. The highest BCUT2D eigenvalue weighted by molar-refractivity contribution is 7.89. The topological polar surface area (TPSA) is 114 Å². The van der Waals surface area contributed by atoms with Crippen molar-refractivity contribution < 1.29 is 27.5 Å². The van der Waals surface area contributed by atoms with Gasteiger partial charge in [0, 0.05) is 24.3 Å². The maximum absolute atomic E-state index is 13.3. The third kappa shape index (κ3) is 5.00. The number of aryl methyl sites for hydroxylation is 2. The molecule has 0 radical (unpaired) electrons. The van der Waals surface area contributed by atoms with Crippen molar-refractivity contribution >= 4 is 27.6 Å². The van der Waals surface area contributed by atoms with E-state index in [0.29, 0.717) is 47.0 Å². The number of rotatable bonds is 7. The van der Waals surface area contributed by atoms with E-state index in [1.165, 1.54) is 17.3 Å². The Balaban J connectivity index is 1.81. The van der Waals surface area contributed by atoms with E-state index >= 15 is 0 Å². The summed E-state index contributed by atoms with van der Waals surface area (Å²) in [5.74, 6) is -0.936. The average molecular weight is 489 g/mol. The molecule has 0 bridgehead atoms. The molecule has 1 aromatic carbocycles. The van der Waals surface area contributed by atoms with E-state index in [2.05, 4.69) is 11.9 Å². The number of ketones is 2. The number of ether oxygens (including phenoxy) is 1. The van der Waals surface area contributed by atoms with Gasteiger partial charge in [0.1, 0.15) is 0 Å². The summed E-state index contributed by atoms with van der Waals surface area (Å²) >= 11 is 0. The van der Waals surface area contributed by atoms with Gasteiger partial charge in [-0.15, -0.1) is 0 Å². The van der Waals surface area contributed by atoms with Gasteiger partial charge in [-0.1, -0.05) is 6.92 Å². The monoisotopic (exact) mass is 488 g/mol. The highest BCUT2D eigenvalue weighted by Crippen LogP contribution is 2.28. The largest absolute Gasteiger partial charge is 0.454 e. The van der Waals surface area contributed by atoms with Crippen LogP contribution in [-0.2, 0) is 14.8 Å². The lowest BCUT2D eigenvalue weighted by atomic mass is 10.0. The predicted octanol–water partition coefficient (Wildman–Crippen LogP) is 3.91. The smallest absolute Gasteiger partial charge is 0.338 e. The normalized spacial score (nSPS) is 15.4. The number of nitrogens with zero attached hydrogens (tertiary/aromatic N) is 1. The van der Waals surface area contributed by atoms with Crippen molar-refractivity contribution in [3.8, 4) is 0 Å². The van der Waals surface area contributed by atoms with Gasteiger partial charge in [0.15, 0.2) is 12.4 Å². The van der Waals surface area contributed by atoms with Crippen molar-refractivity contribution in [2.24, 2.45) is 5.92 Å². The van der Waals surface area contributed by atoms with Gasteiger partial charge in [0.2, 0.25) is 15.8 Å². The number of benzene rings is 1. The number of esters is 1. The summed E-state index contributed by atoms with van der Waals surface area (Å²) < 4.78 is 33.3. The van der Waals surface area contributed by atoms with Gasteiger partial charge in [-0.25, -0.2) is 13.2 Å². The Morgan fingerprint density at radius 2 is 1.68 bits per heavy atom. The molecule has 2 aromatic rings. The SMILES string of the molecule is CC(=O)c1c(C)[nH]c(C(=O)COC(=O)c2cc(C)c(C)c(S(=O)(=O)N3CCC(C)CC3)c2)c1C. The Bertz CT molecular complexity index is 1250. The van der Waals surface area contributed by atoms with E-state index in [1.54, 1.807) is 33.8 Å². The molecule has 1 saturated heterocycles. The minimum atomic E-state index is -3.76. The van der Waals surface area contributed by atoms with Crippen LogP contribution < -0.4 is 0 Å². The summed E-state index contributed by atoms with van der Waals surface area (Å²) in [7, 11) is -3.76. The minimum Gasteiger partial charge on any atom is -0.454 e. The Kier molecular flexibility index (Phi) is 7.47. The van der Waals surface area contributed by atoms with Crippen LogP contribution in [0.3, 0.4) is 0 Å². The van der Waals surface area contributed by atoms with Gasteiger partial charge < -0.3 is 9.72 Å². The van der Waals surface area contributed by atoms with Crippen LogP contribution in [0.5, 0.6) is 0 Å². The molecule has 8 nitrogen and oxygen atoms in total. The van der Waals surface area contributed by atoms with Gasteiger partial charge in [-0.3, -0.25) is 9.59 Å². The number of Topliss-reactive ketones (excluding diaryl/α,β-unsaturated/α-hetero) is 2. The molecule has 2 heterocycles. The molecule has 1 aliphatic heterocycles. The van der Waals surface area contributed by atoms with Crippen molar-refractivity contribution in [2.45, 2.75) is 59.3 Å². The third-order valence-electron chi connectivity index (χ3n) is 6.62. The predicted molar refractivity (Wildman–Crippen MR) is 128 cm³/mol. The van der Waals surface area contributed by atoms with E-state index in [-0.39, 0.29) is 21.9 Å². The van der Waals surface area contributed by atoms with Gasteiger partial charge in [0.25, 0.3) is 0 Å². The van der Waals surface area contributed by atoms with E-state index < -0.39 is 28.4 Å². The van der Waals surface area contributed by atoms with Crippen molar-refractivity contribution in [1.29, 1.82) is 0 Å². The summed E-state index contributed by atoms with van der Waals surface area (Å²) in [6, 6.07) is 2.90. The van der Waals surface area contributed by atoms with E-state index in [9.17, 15) is 22.8 Å². The number of hydrogen-bond acceptors (Lipinski definition) is 6. The summed E-state index contributed by atoms with van der Waals surface area (Å²) in [5, 5.41) is 0. The zero-order chi connectivity index (χ0) is 25.4. The molecule has 0 aliphatic carbocycles. The molecule has 0 spiro atoms. The second-order valence-electron chi connectivity index (χ2n) is 9.18. The highest BCUT2D eigenvalue weighted by Gasteiger charge is 2.31. The molecule has 34 heavy (non-hydrogen) atoms. The van der Waals surface area contributed by atoms with Crippen LogP contribution >= 0.6 is 0 Å². The molecular weight excluding hydrogens is 456 g/mol. The first-order valence-electron chi connectivity index (χ1n) is 11.4. The van der Waals surface area contributed by atoms with Crippen molar-refractivity contribution in [3.05, 3.63) is 51.3 Å². The van der Waals surface area contributed by atoms with Crippen LogP contribution in [0.4, 0.5) is 0 Å². The first-order valence-corrected chi connectivity index (χ1v) is 12.8. The quantitative estimate of drug-likeness (QED) is 0.467. The summed E-state index contributed by atoms with van der Waals surface area (Å²) in [4.78, 5) is 40.2. The van der Waals surface area contributed by atoms with E-state index in [4.69, 9.17) is 4.74 Å². The first-order chi connectivity index (χ1) is 15.8. The van der Waals surface area contributed by atoms with Crippen LogP contribution in [-0.4, -0.2) is 54.9 Å². The summed E-state index contributed by atoms with van der Waals surface area (Å²) in [6.45, 7) is 10.7. The molecule has 3 rings (SSSR count). The van der Waals surface area contributed by atoms with Gasteiger partial charge >= 0.3 is 5.97 Å². The number of aromatic amines is 1. The van der Waals surface area contributed by atoms with Gasteiger partial charge in [-0.2, -0.15) is 4.31 Å². The number of aromatic nitrogens is 1. The number of nitrogens with one attached hydrogen (secondary N) is 1. The maximum atomic E-state index is 13.3.